The van der Waals surface area contributed by atoms with Gasteiger partial charge in [-0.2, -0.15) is 5.10 Å². The Hall–Kier alpha value is -1.89. The topological polar surface area (TPSA) is 54.3 Å². The number of amides is 1. The number of carbonyl (C=O) groups excluding carboxylic acids is 1. The summed E-state index contributed by atoms with van der Waals surface area (Å²) in [6.45, 7) is 7.44. The van der Waals surface area contributed by atoms with Gasteiger partial charge in [0.25, 0.3) is 0 Å². The predicted octanol–water partition coefficient (Wildman–Crippen LogP) is 1.31. The summed E-state index contributed by atoms with van der Waals surface area (Å²) in [5.41, 5.74) is 1.98. The third-order valence-corrected chi connectivity index (χ3v) is 4.54. The van der Waals surface area contributed by atoms with E-state index in [0.29, 0.717) is 6.54 Å². The normalized spacial score (nSPS) is 15.5. The van der Waals surface area contributed by atoms with Crippen molar-refractivity contribution in [1.82, 2.24) is 19.7 Å². The first-order valence-corrected chi connectivity index (χ1v) is 7.95. The van der Waals surface area contributed by atoms with Crippen LogP contribution in [0.5, 0.6) is 0 Å². The number of anilines is 1. The van der Waals surface area contributed by atoms with Crippen molar-refractivity contribution in [1.29, 1.82) is 0 Å². The highest BCUT2D eigenvalue weighted by molar-refractivity contribution is 7.13. The summed E-state index contributed by atoms with van der Waals surface area (Å²) >= 11 is 1.64. The molecule has 0 N–H and O–H groups in total. The van der Waals surface area contributed by atoms with Crippen LogP contribution in [0, 0.1) is 13.8 Å². The van der Waals surface area contributed by atoms with Crippen LogP contribution in [0.3, 0.4) is 0 Å². The second-order valence-electron chi connectivity index (χ2n) is 5.27. The fraction of sp³-hybridized carbons (Fsp3) is 0.500. The first-order valence-electron chi connectivity index (χ1n) is 7.07. The van der Waals surface area contributed by atoms with Gasteiger partial charge in [0.2, 0.25) is 5.91 Å². The molecule has 1 aliphatic rings. The molecule has 3 heterocycles. The van der Waals surface area contributed by atoms with E-state index in [1.165, 1.54) is 0 Å². The average molecular weight is 305 g/mol. The minimum atomic E-state index is 0.139. The standard InChI is InChI=1S/C14H19N5OS/c1-11-9-12(2)19(16-11)10-13(20)17-4-6-18(7-5-17)14-15-3-8-21-14/h3,8-9H,4-7,10H2,1-2H3. The maximum Gasteiger partial charge on any atom is 0.244 e. The summed E-state index contributed by atoms with van der Waals surface area (Å²) < 4.78 is 1.78. The fourth-order valence-corrected chi connectivity index (χ4v) is 3.28. The van der Waals surface area contributed by atoms with Gasteiger partial charge >= 0.3 is 0 Å². The lowest BCUT2D eigenvalue weighted by Gasteiger charge is -2.34. The van der Waals surface area contributed by atoms with Crippen LogP contribution in [0.15, 0.2) is 17.6 Å². The summed E-state index contributed by atoms with van der Waals surface area (Å²) in [6.07, 6.45) is 1.82. The molecule has 1 amide bonds. The highest BCUT2D eigenvalue weighted by Crippen LogP contribution is 2.19. The number of carbonyl (C=O) groups is 1. The fourth-order valence-electron chi connectivity index (χ4n) is 2.58. The van der Waals surface area contributed by atoms with Gasteiger partial charge in [-0.1, -0.05) is 0 Å². The minimum absolute atomic E-state index is 0.139. The van der Waals surface area contributed by atoms with E-state index < -0.39 is 0 Å². The van der Waals surface area contributed by atoms with Gasteiger partial charge < -0.3 is 9.80 Å². The van der Waals surface area contributed by atoms with E-state index in [1.807, 2.05) is 36.4 Å². The van der Waals surface area contributed by atoms with E-state index in [4.69, 9.17) is 0 Å². The Labute approximate surface area is 128 Å². The molecule has 21 heavy (non-hydrogen) atoms. The second kappa shape index (κ2) is 5.85. The van der Waals surface area contributed by atoms with Gasteiger partial charge in [-0.15, -0.1) is 11.3 Å². The van der Waals surface area contributed by atoms with Crippen molar-refractivity contribution in [2.45, 2.75) is 20.4 Å². The Bertz CT molecular complexity index is 613. The van der Waals surface area contributed by atoms with Crippen LogP contribution in [0.4, 0.5) is 5.13 Å². The van der Waals surface area contributed by atoms with Gasteiger partial charge in [-0.25, -0.2) is 4.98 Å². The van der Waals surface area contributed by atoms with Crippen molar-refractivity contribution in [3.05, 3.63) is 29.0 Å². The molecule has 0 bridgehead atoms. The van der Waals surface area contributed by atoms with Crippen molar-refractivity contribution in [2.24, 2.45) is 0 Å². The minimum Gasteiger partial charge on any atom is -0.345 e. The van der Waals surface area contributed by atoms with Crippen LogP contribution in [-0.2, 0) is 11.3 Å². The Morgan fingerprint density at radius 1 is 1.29 bits per heavy atom. The quantitative estimate of drug-likeness (QED) is 0.858. The molecular formula is C14H19N5OS. The van der Waals surface area contributed by atoms with Gasteiger partial charge in [-0.05, 0) is 19.9 Å². The molecule has 0 spiro atoms. The molecule has 1 fully saturated rings. The molecule has 112 valence electrons. The first-order chi connectivity index (χ1) is 10.1. The van der Waals surface area contributed by atoms with E-state index >= 15 is 0 Å². The highest BCUT2D eigenvalue weighted by atomic mass is 32.1. The zero-order valence-corrected chi connectivity index (χ0v) is 13.1. The van der Waals surface area contributed by atoms with Crippen LogP contribution >= 0.6 is 11.3 Å². The molecular weight excluding hydrogens is 286 g/mol. The van der Waals surface area contributed by atoms with Crippen LogP contribution in [0.25, 0.3) is 0 Å². The molecule has 0 saturated carbocycles. The van der Waals surface area contributed by atoms with Gasteiger partial charge in [0.15, 0.2) is 5.13 Å². The van der Waals surface area contributed by atoms with E-state index in [1.54, 1.807) is 16.0 Å². The summed E-state index contributed by atoms with van der Waals surface area (Å²) in [5.74, 6) is 0.139. The molecule has 3 rings (SSSR count). The molecule has 0 unspecified atom stereocenters. The molecule has 0 radical (unpaired) electrons. The predicted molar refractivity (Wildman–Crippen MR) is 82.6 cm³/mol. The van der Waals surface area contributed by atoms with Crippen molar-refractivity contribution in [2.75, 3.05) is 31.1 Å². The molecule has 2 aromatic rings. The zero-order chi connectivity index (χ0) is 14.8. The summed E-state index contributed by atoms with van der Waals surface area (Å²) in [4.78, 5) is 20.8. The first kappa shape index (κ1) is 14.1. The van der Waals surface area contributed by atoms with Gasteiger partial charge in [-0.3, -0.25) is 9.48 Å². The smallest absolute Gasteiger partial charge is 0.244 e. The van der Waals surface area contributed by atoms with Crippen molar-refractivity contribution >= 4 is 22.4 Å². The lowest BCUT2D eigenvalue weighted by molar-refractivity contribution is -0.132. The molecule has 0 aliphatic carbocycles. The second-order valence-corrected chi connectivity index (χ2v) is 6.14. The summed E-state index contributed by atoms with van der Waals surface area (Å²) in [6, 6.07) is 1.99. The van der Waals surface area contributed by atoms with E-state index in [-0.39, 0.29) is 5.91 Å². The molecule has 1 saturated heterocycles. The third-order valence-electron chi connectivity index (χ3n) is 3.71. The third kappa shape index (κ3) is 3.07. The lowest BCUT2D eigenvalue weighted by Crippen LogP contribution is -2.49. The molecule has 0 atom stereocenters. The average Bonchev–Trinajstić information content (AvgIpc) is 3.10. The largest absolute Gasteiger partial charge is 0.345 e. The Morgan fingerprint density at radius 3 is 2.62 bits per heavy atom. The summed E-state index contributed by atoms with van der Waals surface area (Å²) in [7, 11) is 0. The van der Waals surface area contributed by atoms with E-state index in [2.05, 4.69) is 15.0 Å². The Morgan fingerprint density at radius 2 is 2.05 bits per heavy atom. The highest BCUT2D eigenvalue weighted by Gasteiger charge is 2.22. The molecule has 6 nitrogen and oxygen atoms in total. The maximum atomic E-state index is 12.4. The van der Waals surface area contributed by atoms with Crippen molar-refractivity contribution < 1.29 is 4.79 Å². The Balaban J connectivity index is 1.56. The Kier molecular flexibility index (Phi) is 3.92. The van der Waals surface area contributed by atoms with Gasteiger partial charge in [0, 0.05) is 43.4 Å². The van der Waals surface area contributed by atoms with Gasteiger partial charge in [0.1, 0.15) is 6.54 Å². The van der Waals surface area contributed by atoms with E-state index in [9.17, 15) is 4.79 Å². The van der Waals surface area contributed by atoms with Crippen LogP contribution < -0.4 is 4.90 Å². The monoisotopic (exact) mass is 305 g/mol. The number of aromatic nitrogens is 3. The summed E-state index contributed by atoms with van der Waals surface area (Å²) in [5, 5.41) is 7.38. The molecule has 2 aromatic heterocycles. The van der Waals surface area contributed by atoms with Crippen LogP contribution in [0.1, 0.15) is 11.4 Å². The molecule has 1 aliphatic heterocycles. The number of thiazole rings is 1. The van der Waals surface area contributed by atoms with Gasteiger partial charge in [0.05, 0.1) is 5.69 Å². The zero-order valence-electron chi connectivity index (χ0n) is 12.3. The number of rotatable bonds is 3. The SMILES string of the molecule is Cc1cc(C)n(CC(=O)N2CCN(c3nccs3)CC2)n1. The maximum absolute atomic E-state index is 12.4. The number of hydrogen-bond acceptors (Lipinski definition) is 5. The lowest BCUT2D eigenvalue weighted by atomic mass is 10.3. The van der Waals surface area contributed by atoms with E-state index in [0.717, 1.165) is 42.7 Å². The molecule has 0 aromatic carbocycles. The number of aryl methyl sites for hydroxylation is 2. The number of hydrogen-bond donors (Lipinski definition) is 0. The molecule has 7 heteroatoms. The number of nitrogens with zero attached hydrogens (tertiary/aromatic N) is 5. The van der Waals surface area contributed by atoms with Crippen LogP contribution in [-0.4, -0.2) is 51.8 Å². The van der Waals surface area contributed by atoms with Crippen molar-refractivity contribution in [3.8, 4) is 0 Å². The van der Waals surface area contributed by atoms with Crippen LogP contribution in [0.2, 0.25) is 0 Å². The number of piperazine rings is 1. The van der Waals surface area contributed by atoms with Crippen molar-refractivity contribution in [3.63, 3.8) is 0 Å².